The molecule has 1 saturated carbocycles. The fraction of sp³-hybridized carbons (Fsp3) is 1.00. The van der Waals surface area contributed by atoms with Crippen molar-refractivity contribution in [2.45, 2.75) is 69.5 Å². The second-order valence-corrected chi connectivity index (χ2v) is 7.81. The van der Waals surface area contributed by atoms with E-state index in [1.54, 1.807) is 0 Å². The van der Waals surface area contributed by atoms with Gasteiger partial charge in [0.1, 0.15) is 0 Å². The van der Waals surface area contributed by atoms with Gasteiger partial charge in [-0.25, -0.2) is 0 Å². The Morgan fingerprint density at radius 2 is 1.90 bits per heavy atom. The molecule has 2 bridgehead atoms. The van der Waals surface area contributed by atoms with Gasteiger partial charge in [-0.2, -0.15) is 0 Å². The summed E-state index contributed by atoms with van der Waals surface area (Å²) in [5.74, 6) is 0.991. The summed E-state index contributed by atoms with van der Waals surface area (Å²) in [6.07, 6.45) is 9.94. The van der Waals surface area contributed by atoms with Crippen LogP contribution in [-0.2, 0) is 0 Å². The Labute approximate surface area is 124 Å². The quantitative estimate of drug-likeness (QED) is 0.834. The minimum Gasteiger partial charge on any atom is -0.308 e. The lowest BCUT2D eigenvalue weighted by atomic mass is 9.80. The molecule has 2 unspecified atom stereocenters. The van der Waals surface area contributed by atoms with E-state index < -0.39 is 0 Å². The van der Waals surface area contributed by atoms with E-state index in [1.165, 1.54) is 77.7 Å². The van der Waals surface area contributed by atoms with E-state index >= 15 is 0 Å². The van der Waals surface area contributed by atoms with E-state index in [1.807, 2.05) is 0 Å². The molecule has 3 nitrogen and oxygen atoms in total. The van der Waals surface area contributed by atoms with Crippen LogP contribution in [-0.4, -0.2) is 60.1 Å². The number of hydrogen-bond acceptors (Lipinski definition) is 3. The number of nitrogens with one attached hydrogen (secondary N) is 1. The summed E-state index contributed by atoms with van der Waals surface area (Å²) in [5, 5.41) is 3.95. The molecule has 4 aliphatic heterocycles. The zero-order valence-electron chi connectivity index (χ0n) is 13.1. The molecule has 1 spiro atoms. The van der Waals surface area contributed by atoms with Crippen LogP contribution >= 0.6 is 0 Å². The molecule has 5 fully saturated rings. The standard InChI is InChI=1S/C17H31N3/c1-2-15-11-18-17(7-3-4-8-17)13-20(15)16-12-19-9-5-14(16)6-10-19/h14-16,18H,2-13H2,1H3. The monoisotopic (exact) mass is 277 g/mol. The average Bonchev–Trinajstić information content (AvgIpc) is 2.96. The number of piperazine rings is 1. The van der Waals surface area contributed by atoms with Gasteiger partial charge in [0, 0.05) is 37.3 Å². The molecule has 0 aromatic rings. The molecule has 0 amide bonds. The Kier molecular flexibility index (Phi) is 3.56. The second kappa shape index (κ2) is 5.26. The fourth-order valence-corrected chi connectivity index (χ4v) is 5.45. The van der Waals surface area contributed by atoms with Crippen molar-refractivity contribution in [1.82, 2.24) is 15.1 Å². The topological polar surface area (TPSA) is 18.5 Å². The van der Waals surface area contributed by atoms with E-state index in [-0.39, 0.29) is 0 Å². The zero-order chi connectivity index (χ0) is 13.6. The Morgan fingerprint density at radius 1 is 1.15 bits per heavy atom. The third-order valence-electron chi connectivity index (χ3n) is 6.75. The highest BCUT2D eigenvalue weighted by atomic mass is 15.3. The second-order valence-electron chi connectivity index (χ2n) is 7.81. The number of rotatable bonds is 2. The normalized spacial score (nSPS) is 44.2. The Balaban J connectivity index is 1.53. The number of fused-ring (bicyclic) bond motifs is 3. The van der Waals surface area contributed by atoms with E-state index in [0.29, 0.717) is 5.54 Å². The van der Waals surface area contributed by atoms with Crippen molar-refractivity contribution in [3.63, 3.8) is 0 Å². The van der Waals surface area contributed by atoms with Gasteiger partial charge in [0.15, 0.2) is 0 Å². The van der Waals surface area contributed by atoms with Gasteiger partial charge in [-0.3, -0.25) is 4.90 Å². The third kappa shape index (κ3) is 2.22. The van der Waals surface area contributed by atoms with E-state index in [9.17, 15) is 0 Å². The van der Waals surface area contributed by atoms with Gasteiger partial charge in [-0.1, -0.05) is 19.8 Å². The van der Waals surface area contributed by atoms with Crippen LogP contribution < -0.4 is 5.32 Å². The summed E-state index contributed by atoms with van der Waals surface area (Å²) in [6.45, 7) is 9.05. The summed E-state index contributed by atoms with van der Waals surface area (Å²) in [4.78, 5) is 5.68. The van der Waals surface area contributed by atoms with Crippen molar-refractivity contribution in [3.05, 3.63) is 0 Å². The maximum absolute atomic E-state index is 3.95. The van der Waals surface area contributed by atoms with Gasteiger partial charge in [-0.05, 0) is 51.1 Å². The molecular formula is C17H31N3. The van der Waals surface area contributed by atoms with Gasteiger partial charge < -0.3 is 10.2 Å². The smallest absolute Gasteiger partial charge is 0.0309 e. The van der Waals surface area contributed by atoms with Crippen LogP contribution in [0.25, 0.3) is 0 Å². The zero-order valence-corrected chi connectivity index (χ0v) is 13.1. The molecule has 0 aromatic heterocycles. The first-order valence-electron chi connectivity index (χ1n) is 9.03. The summed E-state index contributed by atoms with van der Waals surface area (Å²) in [7, 11) is 0. The van der Waals surface area contributed by atoms with Crippen molar-refractivity contribution in [1.29, 1.82) is 0 Å². The Hall–Kier alpha value is -0.120. The first kappa shape index (κ1) is 13.5. The minimum atomic E-state index is 0.484. The maximum Gasteiger partial charge on any atom is 0.0309 e. The Bertz CT molecular complexity index is 342. The third-order valence-corrected chi connectivity index (χ3v) is 6.75. The van der Waals surface area contributed by atoms with Crippen molar-refractivity contribution < 1.29 is 0 Å². The van der Waals surface area contributed by atoms with Crippen molar-refractivity contribution in [3.8, 4) is 0 Å². The molecule has 0 aromatic carbocycles. The van der Waals surface area contributed by atoms with Crippen LogP contribution in [0.15, 0.2) is 0 Å². The van der Waals surface area contributed by atoms with E-state index in [4.69, 9.17) is 0 Å². The molecule has 4 heterocycles. The lowest BCUT2D eigenvalue weighted by molar-refractivity contribution is -0.0451. The van der Waals surface area contributed by atoms with Crippen molar-refractivity contribution >= 4 is 0 Å². The molecule has 0 radical (unpaired) electrons. The Morgan fingerprint density at radius 3 is 2.50 bits per heavy atom. The fourth-order valence-electron chi connectivity index (χ4n) is 5.45. The minimum absolute atomic E-state index is 0.484. The summed E-state index contributed by atoms with van der Waals surface area (Å²) in [5.41, 5.74) is 0.484. The van der Waals surface area contributed by atoms with Crippen LogP contribution in [0, 0.1) is 5.92 Å². The first-order chi connectivity index (χ1) is 9.80. The predicted octanol–water partition coefficient (Wildman–Crippen LogP) is 2.08. The molecule has 4 saturated heterocycles. The summed E-state index contributed by atoms with van der Waals surface area (Å²) < 4.78 is 0. The molecule has 1 aliphatic carbocycles. The maximum atomic E-state index is 3.95. The molecule has 5 aliphatic rings. The summed E-state index contributed by atoms with van der Waals surface area (Å²) in [6, 6.07) is 1.65. The van der Waals surface area contributed by atoms with Crippen LogP contribution in [0.5, 0.6) is 0 Å². The van der Waals surface area contributed by atoms with Crippen LogP contribution in [0.4, 0.5) is 0 Å². The first-order valence-corrected chi connectivity index (χ1v) is 9.03. The number of piperidine rings is 3. The van der Waals surface area contributed by atoms with Gasteiger partial charge in [0.05, 0.1) is 0 Å². The molecule has 114 valence electrons. The van der Waals surface area contributed by atoms with Gasteiger partial charge in [0.25, 0.3) is 0 Å². The van der Waals surface area contributed by atoms with Crippen molar-refractivity contribution in [2.75, 3.05) is 32.7 Å². The molecule has 3 heteroatoms. The van der Waals surface area contributed by atoms with Gasteiger partial charge in [0.2, 0.25) is 0 Å². The molecular weight excluding hydrogens is 246 g/mol. The van der Waals surface area contributed by atoms with Crippen molar-refractivity contribution in [2.24, 2.45) is 5.92 Å². The lowest BCUT2D eigenvalue weighted by Gasteiger charge is -2.55. The number of hydrogen-bond donors (Lipinski definition) is 1. The average molecular weight is 277 g/mol. The molecule has 2 atom stereocenters. The van der Waals surface area contributed by atoms with Gasteiger partial charge in [-0.15, -0.1) is 0 Å². The SMILES string of the molecule is CCC1CNC2(CCCC2)CN1C1CN2CCC1CC2. The summed E-state index contributed by atoms with van der Waals surface area (Å²) >= 11 is 0. The van der Waals surface area contributed by atoms with Crippen LogP contribution in [0.2, 0.25) is 0 Å². The van der Waals surface area contributed by atoms with E-state index in [2.05, 4.69) is 22.0 Å². The van der Waals surface area contributed by atoms with Crippen LogP contribution in [0.1, 0.15) is 51.9 Å². The lowest BCUT2D eigenvalue weighted by Crippen LogP contribution is -2.69. The highest BCUT2D eigenvalue weighted by molar-refractivity contribution is 5.04. The molecule has 1 N–H and O–H groups in total. The number of nitrogens with zero attached hydrogens (tertiary/aromatic N) is 2. The van der Waals surface area contributed by atoms with Gasteiger partial charge >= 0.3 is 0 Å². The highest BCUT2D eigenvalue weighted by Gasteiger charge is 2.46. The van der Waals surface area contributed by atoms with E-state index in [0.717, 1.165) is 18.0 Å². The van der Waals surface area contributed by atoms with Crippen LogP contribution in [0.3, 0.4) is 0 Å². The highest BCUT2D eigenvalue weighted by Crippen LogP contribution is 2.38. The molecule has 20 heavy (non-hydrogen) atoms. The largest absolute Gasteiger partial charge is 0.308 e. The predicted molar refractivity (Wildman–Crippen MR) is 82.9 cm³/mol. The molecule has 5 rings (SSSR count).